The zero-order chi connectivity index (χ0) is 20.3. The van der Waals surface area contributed by atoms with Crippen LogP contribution in [0.5, 0.6) is 5.75 Å². The number of aryl methyl sites for hydroxylation is 2. The molecule has 0 radical (unpaired) electrons. The third kappa shape index (κ3) is 3.81. The van der Waals surface area contributed by atoms with Gasteiger partial charge in [-0.1, -0.05) is 19.1 Å². The Bertz CT molecular complexity index is 1030. The van der Waals surface area contributed by atoms with Crippen LogP contribution in [0.2, 0.25) is 0 Å². The molecule has 0 fully saturated rings. The van der Waals surface area contributed by atoms with Gasteiger partial charge in [-0.25, -0.2) is 0 Å². The second-order valence-electron chi connectivity index (χ2n) is 6.78. The lowest BCUT2D eigenvalue weighted by Crippen LogP contribution is -2.28. The molecular formula is C22H26N2O4. The molecule has 3 rings (SSSR count). The van der Waals surface area contributed by atoms with Crippen LogP contribution in [-0.4, -0.2) is 17.1 Å². The second-order valence-corrected chi connectivity index (χ2v) is 6.78. The first kappa shape index (κ1) is 19.7. The number of fused-ring (bicyclic) bond motifs is 1. The molecule has 0 aliphatic carbocycles. The smallest absolute Gasteiger partial charge is 0.262 e. The van der Waals surface area contributed by atoms with E-state index in [4.69, 9.17) is 9.15 Å². The Balaban J connectivity index is 1.89. The Morgan fingerprint density at radius 1 is 1.21 bits per heavy atom. The van der Waals surface area contributed by atoms with Crippen LogP contribution >= 0.6 is 0 Å². The van der Waals surface area contributed by atoms with Crippen molar-refractivity contribution in [3.63, 3.8) is 0 Å². The summed E-state index contributed by atoms with van der Waals surface area (Å²) in [6.45, 7) is 8.75. The van der Waals surface area contributed by atoms with Gasteiger partial charge >= 0.3 is 0 Å². The molecule has 1 amide bonds. The van der Waals surface area contributed by atoms with Crippen molar-refractivity contribution in [1.29, 1.82) is 0 Å². The van der Waals surface area contributed by atoms with Crippen LogP contribution in [0.4, 0.5) is 0 Å². The molecule has 6 nitrogen and oxygen atoms in total. The number of pyridine rings is 1. The highest BCUT2D eigenvalue weighted by atomic mass is 16.5. The fraction of sp³-hybridized carbons (Fsp3) is 0.364. The maximum absolute atomic E-state index is 13.0. The Kier molecular flexibility index (Phi) is 5.87. The minimum Gasteiger partial charge on any atom is -0.494 e. The Morgan fingerprint density at radius 2 is 1.93 bits per heavy atom. The van der Waals surface area contributed by atoms with Crippen molar-refractivity contribution >= 4 is 16.9 Å². The summed E-state index contributed by atoms with van der Waals surface area (Å²) in [6.07, 6.45) is 2.54. The minimum atomic E-state index is -0.316. The number of amides is 1. The molecule has 2 aromatic heterocycles. The monoisotopic (exact) mass is 382 g/mol. The summed E-state index contributed by atoms with van der Waals surface area (Å²) in [7, 11) is 0. The fourth-order valence-electron chi connectivity index (χ4n) is 3.33. The van der Waals surface area contributed by atoms with Gasteiger partial charge in [0, 0.05) is 12.7 Å². The predicted molar refractivity (Wildman–Crippen MR) is 109 cm³/mol. The highest BCUT2D eigenvalue weighted by Crippen LogP contribution is 2.24. The number of hydrogen-bond acceptors (Lipinski definition) is 4. The van der Waals surface area contributed by atoms with E-state index in [1.165, 1.54) is 0 Å². The largest absolute Gasteiger partial charge is 0.494 e. The number of hydrogen-bond donors (Lipinski definition) is 1. The molecule has 0 bridgehead atoms. The first-order valence-corrected chi connectivity index (χ1v) is 9.62. The molecule has 1 N–H and O–H groups in total. The molecule has 3 aromatic rings. The van der Waals surface area contributed by atoms with Gasteiger partial charge in [-0.15, -0.1) is 0 Å². The molecule has 1 atom stereocenters. The van der Waals surface area contributed by atoms with Crippen molar-refractivity contribution in [1.82, 2.24) is 9.88 Å². The van der Waals surface area contributed by atoms with Gasteiger partial charge in [0.15, 0.2) is 0 Å². The van der Waals surface area contributed by atoms with Crippen LogP contribution in [-0.2, 0) is 6.54 Å². The number of carbonyl (C=O) groups is 1. The average molecular weight is 382 g/mol. The standard InChI is InChI=1S/C22H26N2O4/c1-5-12-24-13-11-18-20(22(24)26)19(15(4)28-18)21(25)23-14(3)16-7-9-17(10-8-16)27-6-2/h7-11,13-14H,5-6,12H2,1-4H3,(H,23,25). The molecule has 0 spiro atoms. The zero-order valence-corrected chi connectivity index (χ0v) is 16.7. The molecule has 0 saturated heterocycles. The van der Waals surface area contributed by atoms with Gasteiger partial charge in [-0.3, -0.25) is 9.59 Å². The van der Waals surface area contributed by atoms with Crippen molar-refractivity contribution in [2.75, 3.05) is 6.61 Å². The number of nitrogens with zero attached hydrogens (tertiary/aromatic N) is 1. The van der Waals surface area contributed by atoms with Gasteiger partial charge < -0.3 is 19.0 Å². The van der Waals surface area contributed by atoms with Crippen LogP contribution in [0.25, 0.3) is 11.0 Å². The molecule has 148 valence electrons. The van der Waals surface area contributed by atoms with Crippen molar-refractivity contribution in [3.8, 4) is 5.75 Å². The van der Waals surface area contributed by atoms with Gasteiger partial charge in [0.05, 0.1) is 23.6 Å². The van der Waals surface area contributed by atoms with Gasteiger partial charge in [0.2, 0.25) is 0 Å². The SMILES string of the molecule is CCCn1ccc2oc(C)c(C(=O)NC(C)c3ccc(OCC)cc3)c2c1=O. The van der Waals surface area contributed by atoms with Crippen LogP contribution in [0.1, 0.15) is 54.9 Å². The molecule has 1 aromatic carbocycles. The van der Waals surface area contributed by atoms with E-state index in [0.29, 0.717) is 35.4 Å². The Morgan fingerprint density at radius 3 is 2.57 bits per heavy atom. The van der Waals surface area contributed by atoms with Gasteiger partial charge in [-0.05, 0) is 51.0 Å². The molecular weight excluding hydrogens is 356 g/mol. The summed E-state index contributed by atoms with van der Waals surface area (Å²) in [6, 6.07) is 9.11. The Hall–Kier alpha value is -3.02. The molecule has 1 unspecified atom stereocenters. The van der Waals surface area contributed by atoms with E-state index in [1.54, 1.807) is 23.8 Å². The summed E-state index contributed by atoms with van der Waals surface area (Å²) in [5, 5.41) is 3.31. The topological polar surface area (TPSA) is 73.5 Å². The van der Waals surface area contributed by atoms with Gasteiger partial charge in [0.1, 0.15) is 17.1 Å². The lowest BCUT2D eigenvalue weighted by Gasteiger charge is -2.15. The first-order valence-electron chi connectivity index (χ1n) is 9.62. The number of furan rings is 1. The van der Waals surface area contributed by atoms with Crippen LogP contribution in [0.15, 0.2) is 45.7 Å². The number of ether oxygens (including phenoxy) is 1. The van der Waals surface area contributed by atoms with E-state index in [9.17, 15) is 9.59 Å². The van der Waals surface area contributed by atoms with E-state index < -0.39 is 0 Å². The highest BCUT2D eigenvalue weighted by Gasteiger charge is 2.23. The van der Waals surface area contributed by atoms with Gasteiger partial charge in [-0.2, -0.15) is 0 Å². The van der Waals surface area contributed by atoms with Crippen molar-refractivity contribution < 1.29 is 13.9 Å². The van der Waals surface area contributed by atoms with E-state index >= 15 is 0 Å². The third-order valence-electron chi connectivity index (χ3n) is 4.72. The quantitative estimate of drug-likeness (QED) is 0.664. The molecule has 6 heteroatoms. The van der Waals surface area contributed by atoms with Crippen molar-refractivity contribution in [3.05, 3.63) is 63.8 Å². The molecule has 28 heavy (non-hydrogen) atoms. The van der Waals surface area contributed by atoms with Crippen LogP contribution in [0, 0.1) is 6.92 Å². The van der Waals surface area contributed by atoms with E-state index in [-0.39, 0.29) is 17.5 Å². The molecule has 0 aliphatic heterocycles. The number of benzene rings is 1. The van der Waals surface area contributed by atoms with Crippen LogP contribution < -0.4 is 15.6 Å². The number of nitrogens with one attached hydrogen (secondary N) is 1. The van der Waals surface area contributed by atoms with E-state index in [1.807, 2.05) is 45.0 Å². The Labute approximate surface area is 164 Å². The number of carbonyl (C=O) groups excluding carboxylic acids is 1. The third-order valence-corrected chi connectivity index (χ3v) is 4.72. The van der Waals surface area contributed by atoms with Gasteiger partial charge in [0.25, 0.3) is 11.5 Å². The van der Waals surface area contributed by atoms with Crippen LogP contribution in [0.3, 0.4) is 0 Å². The predicted octanol–water partition coefficient (Wildman–Crippen LogP) is 4.20. The summed E-state index contributed by atoms with van der Waals surface area (Å²) < 4.78 is 12.7. The number of rotatable bonds is 7. The summed E-state index contributed by atoms with van der Waals surface area (Å²) >= 11 is 0. The van der Waals surface area contributed by atoms with E-state index in [2.05, 4.69) is 5.32 Å². The van der Waals surface area contributed by atoms with Crippen molar-refractivity contribution in [2.24, 2.45) is 0 Å². The lowest BCUT2D eigenvalue weighted by atomic mass is 10.1. The van der Waals surface area contributed by atoms with Crippen molar-refractivity contribution in [2.45, 2.75) is 46.7 Å². The maximum Gasteiger partial charge on any atom is 0.262 e. The molecule has 0 aliphatic rings. The number of aromatic nitrogens is 1. The molecule has 0 saturated carbocycles. The minimum absolute atomic E-state index is 0.199. The maximum atomic E-state index is 13.0. The molecule has 2 heterocycles. The van der Waals surface area contributed by atoms with E-state index in [0.717, 1.165) is 17.7 Å². The fourth-order valence-corrected chi connectivity index (χ4v) is 3.33. The average Bonchev–Trinajstić information content (AvgIpc) is 3.02. The lowest BCUT2D eigenvalue weighted by molar-refractivity contribution is 0.0939. The highest BCUT2D eigenvalue weighted by molar-refractivity contribution is 6.07. The zero-order valence-electron chi connectivity index (χ0n) is 16.7. The summed E-state index contributed by atoms with van der Waals surface area (Å²) in [5.41, 5.74) is 1.50. The first-order chi connectivity index (χ1) is 13.5. The summed E-state index contributed by atoms with van der Waals surface area (Å²) in [5.74, 6) is 0.916. The summed E-state index contributed by atoms with van der Waals surface area (Å²) in [4.78, 5) is 25.8. The second kappa shape index (κ2) is 8.33. The normalized spacial score (nSPS) is 12.1.